The fourth-order valence-corrected chi connectivity index (χ4v) is 3.32. The zero-order valence-electron chi connectivity index (χ0n) is 14.6. The molecule has 0 saturated carbocycles. The Kier molecular flexibility index (Phi) is 5.06. The number of ether oxygens (including phenoxy) is 2. The standard InChI is InChI=1S/C19H20N2O5/c1-25-13-6-3-5-12(9-13)15-10-21(11-16(15)19(23)24)18(22)14-7-4-8-20-17(14)26-2/h3-9,15-16H,10-11H2,1-2H3,(H,23,24). The fraction of sp³-hybridized carbons (Fsp3) is 0.316. The number of rotatable bonds is 5. The van der Waals surface area contributed by atoms with Gasteiger partial charge in [-0.15, -0.1) is 0 Å². The number of aliphatic carboxylic acids is 1. The Balaban J connectivity index is 1.89. The third-order valence-electron chi connectivity index (χ3n) is 4.64. The van der Waals surface area contributed by atoms with Crippen LogP contribution in [0.2, 0.25) is 0 Å². The second-order valence-electron chi connectivity index (χ2n) is 6.10. The average molecular weight is 356 g/mol. The van der Waals surface area contributed by atoms with Crippen molar-refractivity contribution in [1.29, 1.82) is 0 Å². The molecular formula is C19H20N2O5. The number of carboxylic acids is 1. The molecule has 0 aliphatic carbocycles. The molecule has 136 valence electrons. The number of nitrogens with zero attached hydrogens (tertiary/aromatic N) is 2. The fourth-order valence-electron chi connectivity index (χ4n) is 3.32. The second-order valence-corrected chi connectivity index (χ2v) is 6.10. The van der Waals surface area contributed by atoms with Crippen molar-refractivity contribution in [2.45, 2.75) is 5.92 Å². The molecule has 1 saturated heterocycles. The third kappa shape index (κ3) is 3.33. The summed E-state index contributed by atoms with van der Waals surface area (Å²) in [6.45, 7) is 0.440. The van der Waals surface area contributed by atoms with Crippen molar-refractivity contribution in [3.8, 4) is 11.6 Å². The molecule has 2 unspecified atom stereocenters. The first kappa shape index (κ1) is 17.7. The smallest absolute Gasteiger partial charge is 0.308 e. The van der Waals surface area contributed by atoms with Gasteiger partial charge in [0.25, 0.3) is 5.91 Å². The second kappa shape index (κ2) is 7.43. The lowest BCUT2D eigenvalue weighted by Crippen LogP contribution is -2.30. The van der Waals surface area contributed by atoms with Gasteiger partial charge in [0.15, 0.2) is 0 Å². The van der Waals surface area contributed by atoms with E-state index in [2.05, 4.69) is 4.98 Å². The summed E-state index contributed by atoms with van der Waals surface area (Å²) in [5.41, 5.74) is 1.16. The van der Waals surface area contributed by atoms with Gasteiger partial charge in [-0.2, -0.15) is 0 Å². The maximum Gasteiger partial charge on any atom is 0.308 e. The summed E-state index contributed by atoms with van der Waals surface area (Å²) in [5.74, 6) is -1.32. The Hall–Kier alpha value is -3.09. The van der Waals surface area contributed by atoms with Gasteiger partial charge in [-0.3, -0.25) is 9.59 Å². The number of carboxylic acid groups (broad SMARTS) is 1. The van der Waals surface area contributed by atoms with Crippen molar-refractivity contribution in [3.63, 3.8) is 0 Å². The first-order chi connectivity index (χ1) is 12.5. The highest BCUT2D eigenvalue weighted by molar-refractivity contribution is 5.97. The number of carbonyl (C=O) groups is 2. The Morgan fingerprint density at radius 1 is 1.15 bits per heavy atom. The molecule has 0 radical (unpaired) electrons. The third-order valence-corrected chi connectivity index (χ3v) is 4.64. The minimum atomic E-state index is -0.925. The molecule has 7 nitrogen and oxygen atoms in total. The Morgan fingerprint density at radius 2 is 1.96 bits per heavy atom. The average Bonchev–Trinajstić information content (AvgIpc) is 3.13. The van der Waals surface area contributed by atoms with Gasteiger partial charge >= 0.3 is 5.97 Å². The Labute approximate surface area is 151 Å². The van der Waals surface area contributed by atoms with Crippen molar-refractivity contribution in [2.75, 3.05) is 27.3 Å². The van der Waals surface area contributed by atoms with Gasteiger partial charge in [-0.05, 0) is 29.8 Å². The van der Waals surface area contributed by atoms with Crippen molar-refractivity contribution in [3.05, 3.63) is 53.7 Å². The van der Waals surface area contributed by atoms with Crippen LogP contribution in [0.4, 0.5) is 0 Å². The molecule has 0 bridgehead atoms. The van der Waals surface area contributed by atoms with Gasteiger partial charge in [0.2, 0.25) is 5.88 Å². The van der Waals surface area contributed by atoms with Crippen molar-refractivity contribution in [2.24, 2.45) is 5.92 Å². The molecular weight excluding hydrogens is 336 g/mol. The summed E-state index contributed by atoms with van der Waals surface area (Å²) in [6, 6.07) is 10.6. The molecule has 1 N–H and O–H groups in total. The lowest BCUT2D eigenvalue weighted by atomic mass is 9.89. The SMILES string of the molecule is COc1cccc(C2CN(C(=O)c3cccnc3OC)CC2C(=O)O)c1. The molecule has 1 amide bonds. The summed E-state index contributed by atoms with van der Waals surface area (Å²) in [4.78, 5) is 30.2. The van der Waals surface area contributed by atoms with Gasteiger partial charge in [0.1, 0.15) is 11.3 Å². The van der Waals surface area contributed by atoms with Crippen LogP contribution >= 0.6 is 0 Å². The molecule has 1 aromatic carbocycles. The Bertz CT molecular complexity index is 823. The van der Waals surface area contributed by atoms with Gasteiger partial charge in [0.05, 0.1) is 20.1 Å². The van der Waals surface area contributed by atoms with E-state index in [1.165, 1.54) is 7.11 Å². The molecule has 1 aromatic heterocycles. The quantitative estimate of drug-likeness (QED) is 0.882. The van der Waals surface area contributed by atoms with E-state index in [9.17, 15) is 14.7 Å². The van der Waals surface area contributed by atoms with Crippen LogP contribution in [0.1, 0.15) is 21.8 Å². The van der Waals surface area contributed by atoms with E-state index >= 15 is 0 Å². The largest absolute Gasteiger partial charge is 0.497 e. The van der Waals surface area contributed by atoms with Crippen LogP contribution in [0.25, 0.3) is 0 Å². The molecule has 1 aliphatic rings. The molecule has 7 heteroatoms. The van der Waals surface area contributed by atoms with Crippen LogP contribution in [0, 0.1) is 5.92 Å². The number of amides is 1. The normalized spacial score (nSPS) is 19.2. The highest BCUT2D eigenvalue weighted by atomic mass is 16.5. The first-order valence-electron chi connectivity index (χ1n) is 8.20. The highest BCUT2D eigenvalue weighted by Crippen LogP contribution is 2.35. The lowest BCUT2D eigenvalue weighted by molar-refractivity contribution is -0.141. The van der Waals surface area contributed by atoms with E-state index < -0.39 is 11.9 Å². The monoisotopic (exact) mass is 356 g/mol. The van der Waals surface area contributed by atoms with Gasteiger partial charge < -0.3 is 19.5 Å². The molecule has 1 fully saturated rings. The zero-order chi connectivity index (χ0) is 18.7. The number of carbonyl (C=O) groups excluding carboxylic acids is 1. The van der Waals surface area contributed by atoms with E-state index in [1.54, 1.807) is 36.4 Å². The maximum atomic E-state index is 12.9. The van der Waals surface area contributed by atoms with Gasteiger partial charge in [0, 0.05) is 25.2 Å². The molecule has 26 heavy (non-hydrogen) atoms. The number of aromatic nitrogens is 1. The summed E-state index contributed by atoms with van der Waals surface area (Å²) >= 11 is 0. The van der Waals surface area contributed by atoms with Crippen LogP contribution < -0.4 is 9.47 Å². The van der Waals surface area contributed by atoms with Crippen LogP contribution in [-0.4, -0.2) is 54.2 Å². The predicted octanol–water partition coefficient (Wildman–Crippen LogP) is 2.04. The van der Waals surface area contributed by atoms with E-state index in [1.807, 2.05) is 18.2 Å². The number of hydrogen-bond acceptors (Lipinski definition) is 5. The summed E-state index contributed by atoms with van der Waals surface area (Å²) in [7, 11) is 3.01. The topological polar surface area (TPSA) is 89.0 Å². The van der Waals surface area contributed by atoms with Gasteiger partial charge in [-0.1, -0.05) is 12.1 Å². The van der Waals surface area contributed by atoms with Crippen molar-refractivity contribution in [1.82, 2.24) is 9.88 Å². The molecule has 0 spiro atoms. The highest BCUT2D eigenvalue weighted by Gasteiger charge is 2.41. The van der Waals surface area contributed by atoms with E-state index in [0.717, 1.165) is 5.56 Å². The number of benzene rings is 1. The lowest BCUT2D eigenvalue weighted by Gasteiger charge is -2.18. The van der Waals surface area contributed by atoms with Crippen LogP contribution in [0.5, 0.6) is 11.6 Å². The van der Waals surface area contributed by atoms with Crippen LogP contribution in [0.15, 0.2) is 42.6 Å². The van der Waals surface area contributed by atoms with Crippen molar-refractivity contribution < 1.29 is 24.2 Å². The maximum absolute atomic E-state index is 12.9. The first-order valence-corrected chi connectivity index (χ1v) is 8.20. The molecule has 2 heterocycles. The number of methoxy groups -OCH3 is 2. The molecule has 2 aromatic rings. The van der Waals surface area contributed by atoms with Crippen LogP contribution in [-0.2, 0) is 4.79 Å². The number of pyridine rings is 1. The van der Waals surface area contributed by atoms with Crippen LogP contribution in [0.3, 0.4) is 0 Å². The van der Waals surface area contributed by atoms with E-state index in [0.29, 0.717) is 17.9 Å². The number of likely N-dealkylation sites (tertiary alicyclic amines) is 1. The Morgan fingerprint density at radius 3 is 2.65 bits per heavy atom. The van der Waals surface area contributed by atoms with E-state index in [4.69, 9.17) is 9.47 Å². The summed E-state index contributed by atoms with van der Waals surface area (Å²) in [6.07, 6.45) is 1.54. The molecule has 2 atom stereocenters. The minimum absolute atomic E-state index is 0.133. The summed E-state index contributed by atoms with van der Waals surface area (Å²) in [5, 5.41) is 9.64. The predicted molar refractivity (Wildman–Crippen MR) is 93.6 cm³/mol. The van der Waals surface area contributed by atoms with Gasteiger partial charge in [-0.25, -0.2) is 4.98 Å². The molecule has 3 rings (SSSR count). The minimum Gasteiger partial charge on any atom is -0.497 e. The van der Waals surface area contributed by atoms with Crippen molar-refractivity contribution >= 4 is 11.9 Å². The zero-order valence-corrected chi connectivity index (χ0v) is 14.6. The number of hydrogen-bond donors (Lipinski definition) is 1. The molecule has 1 aliphatic heterocycles. The summed E-state index contributed by atoms with van der Waals surface area (Å²) < 4.78 is 10.4. The van der Waals surface area contributed by atoms with E-state index in [-0.39, 0.29) is 24.2 Å².